The number of nitrogens with zero attached hydrogens (tertiary/aromatic N) is 3. The van der Waals surface area contributed by atoms with Gasteiger partial charge in [0.2, 0.25) is 0 Å². The summed E-state index contributed by atoms with van der Waals surface area (Å²) in [6, 6.07) is 14.8. The molecule has 0 aliphatic carbocycles. The van der Waals surface area contributed by atoms with Crippen molar-refractivity contribution in [2.75, 3.05) is 19.6 Å². The van der Waals surface area contributed by atoms with Gasteiger partial charge in [-0.05, 0) is 49.6 Å². The average molecular weight is 367 g/mol. The zero-order valence-electron chi connectivity index (χ0n) is 15.7. The molecule has 2 aromatic carbocycles. The molecule has 27 heavy (non-hydrogen) atoms. The molecule has 0 radical (unpaired) electrons. The number of para-hydroxylation sites is 2. The van der Waals surface area contributed by atoms with Crippen LogP contribution in [0.1, 0.15) is 18.9 Å². The Bertz CT molecular complexity index is 870. The molecule has 142 valence electrons. The molecule has 0 aliphatic rings. The van der Waals surface area contributed by atoms with Gasteiger partial charge in [-0.25, -0.2) is 9.37 Å². The number of nitrogens with one attached hydrogen (secondary N) is 2. The lowest BCUT2D eigenvalue weighted by Gasteiger charge is -2.11. The third kappa shape index (κ3) is 5.54. The molecule has 1 heterocycles. The van der Waals surface area contributed by atoms with E-state index in [1.54, 1.807) is 0 Å². The second-order valence-electron chi connectivity index (χ2n) is 6.34. The van der Waals surface area contributed by atoms with Crippen LogP contribution in [0.25, 0.3) is 11.0 Å². The van der Waals surface area contributed by atoms with Gasteiger partial charge in [-0.1, -0.05) is 24.3 Å². The van der Waals surface area contributed by atoms with Crippen molar-refractivity contribution in [2.45, 2.75) is 26.3 Å². The Balaban J connectivity index is 1.46. The first-order chi connectivity index (χ1) is 13.3. The van der Waals surface area contributed by atoms with Crippen LogP contribution in [0.5, 0.6) is 0 Å². The van der Waals surface area contributed by atoms with Gasteiger partial charge in [0.05, 0.1) is 17.4 Å². The van der Waals surface area contributed by atoms with Crippen LogP contribution < -0.4 is 10.6 Å². The van der Waals surface area contributed by atoms with Crippen molar-refractivity contribution in [3.63, 3.8) is 0 Å². The molecule has 0 spiro atoms. The highest BCUT2D eigenvalue weighted by atomic mass is 19.1. The molecule has 0 atom stereocenters. The lowest BCUT2D eigenvalue weighted by molar-refractivity contribution is 0.626. The fraction of sp³-hybridized carbons (Fsp3) is 0.333. The predicted molar refractivity (Wildman–Crippen MR) is 108 cm³/mol. The summed E-state index contributed by atoms with van der Waals surface area (Å²) in [5.41, 5.74) is 3.29. The maximum atomic E-state index is 12.9. The maximum absolute atomic E-state index is 12.9. The van der Waals surface area contributed by atoms with Crippen LogP contribution in [-0.4, -0.2) is 35.1 Å². The number of aryl methyl sites for hydroxylation is 1. The fourth-order valence-corrected chi connectivity index (χ4v) is 2.94. The largest absolute Gasteiger partial charge is 0.357 e. The zero-order chi connectivity index (χ0) is 18.9. The van der Waals surface area contributed by atoms with Crippen LogP contribution in [-0.2, 0) is 13.0 Å². The molecule has 0 saturated heterocycles. The minimum Gasteiger partial charge on any atom is -0.357 e. The van der Waals surface area contributed by atoms with E-state index in [1.165, 1.54) is 12.1 Å². The lowest BCUT2D eigenvalue weighted by atomic mass is 10.1. The number of benzene rings is 2. The monoisotopic (exact) mass is 367 g/mol. The van der Waals surface area contributed by atoms with Crippen LogP contribution in [0.3, 0.4) is 0 Å². The lowest BCUT2D eigenvalue weighted by Crippen LogP contribution is -2.38. The van der Waals surface area contributed by atoms with Gasteiger partial charge in [0.25, 0.3) is 0 Å². The van der Waals surface area contributed by atoms with Crippen molar-refractivity contribution < 1.29 is 4.39 Å². The Morgan fingerprint density at radius 2 is 1.93 bits per heavy atom. The van der Waals surface area contributed by atoms with Crippen LogP contribution >= 0.6 is 0 Å². The molecule has 3 aromatic rings. The number of hydrogen-bond donors (Lipinski definition) is 2. The van der Waals surface area contributed by atoms with Gasteiger partial charge in [-0.2, -0.15) is 0 Å². The summed E-state index contributed by atoms with van der Waals surface area (Å²) in [7, 11) is 0. The van der Waals surface area contributed by atoms with Crippen LogP contribution in [0, 0.1) is 5.82 Å². The molecule has 1 aromatic heterocycles. The molecule has 0 aliphatic heterocycles. The normalized spacial score (nSPS) is 11.7. The van der Waals surface area contributed by atoms with Crippen molar-refractivity contribution in [1.29, 1.82) is 0 Å². The predicted octanol–water partition coefficient (Wildman–Crippen LogP) is 3.36. The quantitative estimate of drug-likeness (QED) is 0.365. The highest BCUT2D eigenvalue weighted by Gasteiger charge is 2.01. The minimum atomic E-state index is -0.202. The van der Waals surface area contributed by atoms with E-state index >= 15 is 0 Å². The molecular weight excluding hydrogens is 341 g/mol. The molecule has 0 fully saturated rings. The number of halogens is 1. The van der Waals surface area contributed by atoms with E-state index in [0.717, 1.165) is 61.6 Å². The topological polar surface area (TPSA) is 54.2 Å². The van der Waals surface area contributed by atoms with Gasteiger partial charge in [-0.15, -0.1) is 0 Å². The van der Waals surface area contributed by atoms with Crippen molar-refractivity contribution in [1.82, 2.24) is 20.2 Å². The van der Waals surface area contributed by atoms with Crippen molar-refractivity contribution >= 4 is 17.0 Å². The fourth-order valence-electron chi connectivity index (χ4n) is 2.94. The first kappa shape index (κ1) is 18.9. The average Bonchev–Trinajstić information content (AvgIpc) is 3.10. The van der Waals surface area contributed by atoms with Gasteiger partial charge < -0.3 is 15.2 Å². The Morgan fingerprint density at radius 1 is 1.11 bits per heavy atom. The SMILES string of the molecule is CCNC(=NCCCn1cnc2ccccc21)NCCc1ccc(F)cc1. The molecule has 5 nitrogen and oxygen atoms in total. The van der Waals surface area contributed by atoms with E-state index in [-0.39, 0.29) is 5.82 Å². The summed E-state index contributed by atoms with van der Waals surface area (Å²) in [5.74, 6) is 0.613. The third-order valence-electron chi connectivity index (χ3n) is 4.32. The third-order valence-corrected chi connectivity index (χ3v) is 4.32. The molecule has 0 bridgehead atoms. The van der Waals surface area contributed by atoms with Crippen molar-refractivity contribution in [2.24, 2.45) is 4.99 Å². The molecule has 3 rings (SSSR count). The van der Waals surface area contributed by atoms with Gasteiger partial charge in [0.1, 0.15) is 5.82 Å². The molecule has 0 amide bonds. The first-order valence-electron chi connectivity index (χ1n) is 9.43. The number of hydrogen-bond acceptors (Lipinski definition) is 2. The number of imidazole rings is 1. The van der Waals surface area contributed by atoms with E-state index in [9.17, 15) is 4.39 Å². The summed E-state index contributed by atoms with van der Waals surface area (Å²) in [6.45, 7) is 5.24. The first-order valence-corrected chi connectivity index (χ1v) is 9.43. The van der Waals surface area contributed by atoms with Crippen molar-refractivity contribution in [3.05, 3.63) is 66.2 Å². The second kappa shape index (κ2) is 9.71. The second-order valence-corrected chi connectivity index (χ2v) is 6.34. The summed E-state index contributed by atoms with van der Waals surface area (Å²) < 4.78 is 15.1. The maximum Gasteiger partial charge on any atom is 0.191 e. The molecule has 6 heteroatoms. The Hall–Kier alpha value is -2.89. The number of rotatable bonds is 8. The van der Waals surface area contributed by atoms with E-state index in [1.807, 2.05) is 36.7 Å². The van der Waals surface area contributed by atoms with Gasteiger partial charge in [0, 0.05) is 26.2 Å². The van der Waals surface area contributed by atoms with E-state index in [0.29, 0.717) is 0 Å². The summed E-state index contributed by atoms with van der Waals surface area (Å²) in [5, 5.41) is 6.59. The Morgan fingerprint density at radius 3 is 2.74 bits per heavy atom. The van der Waals surface area contributed by atoms with E-state index in [2.05, 4.69) is 38.2 Å². The molecule has 0 unspecified atom stereocenters. The number of aromatic nitrogens is 2. The van der Waals surface area contributed by atoms with E-state index < -0.39 is 0 Å². The van der Waals surface area contributed by atoms with Crippen LogP contribution in [0.2, 0.25) is 0 Å². The number of aliphatic imine (C=N–C) groups is 1. The Kier molecular flexibility index (Phi) is 6.79. The van der Waals surface area contributed by atoms with Crippen molar-refractivity contribution in [3.8, 4) is 0 Å². The van der Waals surface area contributed by atoms with Gasteiger partial charge in [-0.3, -0.25) is 4.99 Å². The highest BCUT2D eigenvalue weighted by molar-refractivity contribution is 5.79. The van der Waals surface area contributed by atoms with Crippen LogP contribution in [0.15, 0.2) is 59.9 Å². The summed E-state index contributed by atoms with van der Waals surface area (Å²) in [6.07, 6.45) is 3.65. The Labute approximate surface area is 159 Å². The van der Waals surface area contributed by atoms with Gasteiger partial charge >= 0.3 is 0 Å². The highest BCUT2D eigenvalue weighted by Crippen LogP contribution is 2.12. The molecule has 2 N–H and O–H groups in total. The van der Waals surface area contributed by atoms with E-state index in [4.69, 9.17) is 0 Å². The number of guanidine groups is 1. The zero-order valence-corrected chi connectivity index (χ0v) is 15.7. The standard InChI is InChI=1S/C21H26FN5/c1-2-23-21(25-14-12-17-8-10-18(22)11-9-17)24-13-5-15-27-16-26-19-6-3-4-7-20(19)27/h3-4,6-11,16H,2,5,12-15H2,1H3,(H2,23,24,25). The summed E-state index contributed by atoms with van der Waals surface area (Å²) >= 11 is 0. The van der Waals surface area contributed by atoms with Gasteiger partial charge in [0.15, 0.2) is 5.96 Å². The molecule has 0 saturated carbocycles. The molecular formula is C21H26FN5. The van der Waals surface area contributed by atoms with Crippen LogP contribution in [0.4, 0.5) is 4.39 Å². The minimum absolute atomic E-state index is 0.202. The number of fused-ring (bicyclic) bond motifs is 1. The smallest absolute Gasteiger partial charge is 0.191 e. The summed E-state index contributed by atoms with van der Waals surface area (Å²) in [4.78, 5) is 9.05.